The summed E-state index contributed by atoms with van der Waals surface area (Å²) < 4.78 is 10.8. The van der Waals surface area contributed by atoms with E-state index in [0.717, 1.165) is 22.2 Å². The van der Waals surface area contributed by atoms with Gasteiger partial charge in [0.1, 0.15) is 18.1 Å². The van der Waals surface area contributed by atoms with Crippen LogP contribution in [0.25, 0.3) is 17.4 Å². The van der Waals surface area contributed by atoms with Gasteiger partial charge in [0.05, 0.1) is 17.1 Å². The lowest BCUT2D eigenvalue weighted by molar-refractivity contribution is -0.127. The Morgan fingerprint density at radius 1 is 1.03 bits per heavy atom. The molecule has 0 unspecified atom stereocenters. The Labute approximate surface area is 199 Å². The molecular formula is C25H20N2O6S. The van der Waals surface area contributed by atoms with Gasteiger partial charge in [-0.05, 0) is 55.1 Å². The largest absolute Gasteiger partial charge is 0.462 e. The van der Waals surface area contributed by atoms with Crippen molar-refractivity contribution in [3.05, 3.63) is 83.0 Å². The van der Waals surface area contributed by atoms with Gasteiger partial charge in [-0.3, -0.25) is 19.3 Å². The molecule has 1 saturated heterocycles. The second kappa shape index (κ2) is 10.2. The molecule has 0 spiro atoms. The zero-order valence-corrected chi connectivity index (χ0v) is 19.0. The molecule has 9 heteroatoms. The predicted octanol–water partition coefficient (Wildman–Crippen LogP) is 4.80. The number of carbonyl (C=O) groups excluding carboxylic acids is 4. The molecule has 1 aromatic heterocycles. The van der Waals surface area contributed by atoms with Gasteiger partial charge in [0.25, 0.3) is 11.1 Å². The minimum absolute atomic E-state index is 0.163. The average Bonchev–Trinajstić information content (AvgIpc) is 3.40. The second-order valence-corrected chi connectivity index (χ2v) is 8.18. The molecule has 0 radical (unpaired) electrons. The summed E-state index contributed by atoms with van der Waals surface area (Å²) in [5, 5.41) is 2.13. The fourth-order valence-corrected chi connectivity index (χ4v) is 4.02. The highest BCUT2D eigenvalue weighted by molar-refractivity contribution is 8.18. The number of imide groups is 1. The fourth-order valence-electron chi connectivity index (χ4n) is 3.20. The minimum Gasteiger partial charge on any atom is -0.462 e. The Balaban J connectivity index is 1.42. The molecular weight excluding hydrogens is 456 g/mol. The standard InChI is InChI=1S/C25H20N2O6S/c1-2-32-24(30)17-10-8-16(9-11-17)20-13-12-19(33-20)14-21-23(29)27(25(31)34-21)15-22(28)26-18-6-4-3-5-7-18/h3-14H,2,15H2,1H3,(H,26,28)/b21-14+. The van der Waals surface area contributed by atoms with E-state index in [1.165, 1.54) is 6.08 Å². The highest BCUT2D eigenvalue weighted by Crippen LogP contribution is 2.33. The van der Waals surface area contributed by atoms with Crippen molar-refractivity contribution in [2.75, 3.05) is 18.5 Å². The molecule has 2 aromatic carbocycles. The Bertz CT molecular complexity index is 1260. The van der Waals surface area contributed by atoms with Crippen LogP contribution in [0.15, 0.2) is 76.1 Å². The Kier molecular flexibility index (Phi) is 6.93. The highest BCUT2D eigenvalue weighted by Gasteiger charge is 2.36. The molecule has 34 heavy (non-hydrogen) atoms. The third kappa shape index (κ3) is 5.26. The molecule has 1 fully saturated rings. The van der Waals surface area contributed by atoms with E-state index >= 15 is 0 Å². The van der Waals surface area contributed by atoms with Crippen molar-refractivity contribution in [2.24, 2.45) is 0 Å². The maximum Gasteiger partial charge on any atom is 0.338 e. The van der Waals surface area contributed by atoms with E-state index < -0.39 is 23.0 Å². The number of ether oxygens (including phenoxy) is 1. The summed E-state index contributed by atoms with van der Waals surface area (Å²) >= 11 is 0.747. The number of anilines is 1. The Morgan fingerprint density at radius 3 is 2.47 bits per heavy atom. The number of furan rings is 1. The summed E-state index contributed by atoms with van der Waals surface area (Å²) in [5.74, 6) is -0.523. The van der Waals surface area contributed by atoms with Gasteiger partial charge >= 0.3 is 5.97 Å². The number of benzene rings is 2. The number of hydrogen-bond acceptors (Lipinski definition) is 7. The zero-order valence-electron chi connectivity index (χ0n) is 18.1. The van der Waals surface area contributed by atoms with Crippen molar-refractivity contribution >= 4 is 46.5 Å². The maximum atomic E-state index is 12.7. The van der Waals surface area contributed by atoms with Gasteiger partial charge in [-0.2, -0.15) is 0 Å². The van der Waals surface area contributed by atoms with Crippen LogP contribution in [0.3, 0.4) is 0 Å². The van der Waals surface area contributed by atoms with Gasteiger partial charge in [0, 0.05) is 17.3 Å². The van der Waals surface area contributed by atoms with Crippen molar-refractivity contribution in [3.8, 4) is 11.3 Å². The SMILES string of the molecule is CCOC(=O)c1ccc(-c2ccc(/C=C3/SC(=O)N(CC(=O)Nc4ccccc4)C3=O)o2)cc1. The van der Waals surface area contributed by atoms with Crippen LogP contribution < -0.4 is 5.32 Å². The lowest BCUT2D eigenvalue weighted by Gasteiger charge is -2.12. The third-order valence-corrected chi connectivity index (χ3v) is 5.72. The zero-order chi connectivity index (χ0) is 24.1. The molecule has 1 aliphatic rings. The molecule has 4 rings (SSSR count). The van der Waals surface area contributed by atoms with Gasteiger partial charge in [-0.15, -0.1) is 0 Å². The van der Waals surface area contributed by atoms with Gasteiger partial charge in [-0.25, -0.2) is 4.79 Å². The molecule has 8 nitrogen and oxygen atoms in total. The summed E-state index contributed by atoms with van der Waals surface area (Å²) in [6.07, 6.45) is 1.47. The Hall–Kier alpha value is -4.11. The quantitative estimate of drug-likeness (QED) is 0.386. The molecule has 3 amide bonds. The van der Waals surface area contributed by atoms with E-state index in [0.29, 0.717) is 29.4 Å². The van der Waals surface area contributed by atoms with Crippen molar-refractivity contribution in [1.29, 1.82) is 0 Å². The second-order valence-electron chi connectivity index (χ2n) is 7.18. The monoisotopic (exact) mass is 476 g/mol. The lowest BCUT2D eigenvalue weighted by atomic mass is 10.1. The molecule has 0 bridgehead atoms. The molecule has 0 saturated carbocycles. The fraction of sp³-hybridized carbons (Fsp3) is 0.120. The summed E-state index contributed by atoms with van der Waals surface area (Å²) in [5.41, 5.74) is 1.74. The number of nitrogens with zero attached hydrogens (tertiary/aromatic N) is 1. The summed E-state index contributed by atoms with van der Waals surface area (Å²) in [6.45, 7) is 1.66. The number of nitrogens with one attached hydrogen (secondary N) is 1. The summed E-state index contributed by atoms with van der Waals surface area (Å²) in [7, 11) is 0. The van der Waals surface area contributed by atoms with Gasteiger partial charge in [-0.1, -0.05) is 30.3 Å². The maximum absolute atomic E-state index is 12.7. The minimum atomic E-state index is -0.560. The van der Waals surface area contributed by atoms with E-state index in [4.69, 9.17) is 9.15 Å². The smallest absolute Gasteiger partial charge is 0.338 e. The van der Waals surface area contributed by atoms with Crippen LogP contribution >= 0.6 is 11.8 Å². The number of thioether (sulfide) groups is 1. The molecule has 0 atom stereocenters. The van der Waals surface area contributed by atoms with Gasteiger partial charge in [0.15, 0.2) is 0 Å². The topological polar surface area (TPSA) is 106 Å². The van der Waals surface area contributed by atoms with E-state index in [9.17, 15) is 19.2 Å². The predicted molar refractivity (Wildman–Crippen MR) is 128 cm³/mol. The number of hydrogen-bond donors (Lipinski definition) is 1. The normalized spacial score (nSPS) is 14.5. The van der Waals surface area contributed by atoms with Crippen molar-refractivity contribution in [3.63, 3.8) is 0 Å². The molecule has 1 N–H and O–H groups in total. The van der Waals surface area contributed by atoms with Crippen LogP contribution in [-0.2, 0) is 14.3 Å². The summed E-state index contributed by atoms with van der Waals surface area (Å²) in [4.78, 5) is 50.1. The first kappa shape index (κ1) is 23.1. The van der Waals surface area contributed by atoms with Gasteiger partial charge < -0.3 is 14.5 Å². The van der Waals surface area contributed by atoms with E-state index in [1.54, 1.807) is 67.6 Å². The van der Waals surface area contributed by atoms with Crippen LogP contribution in [0.2, 0.25) is 0 Å². The van der Waals surface area contributed by atoms with E-state index in [2.05, 4.69) is 5.32 Å². The lowest BCUT2D eigenvalue weighted by Crippen LogP contribution is -2.36. The number of amides is 3. The molecule has 172 valence electrons. The van der Waals surface area contributed by atoms with Gasteiger partial charge in [0.2, 0.25) is 5.91 Å². The number of para-hydroxylation sites is 1. The van der Waals surface area contributed by atoms with Crippen LogP contribution in [0, 0.1) is 0 Å². The number of esters is 1. The average molecular weight is 477 g/mol. The van der Waals surface area contributed by atoms with Crippen molar-refractivity contribution in [2.45, 2.75) is 6.92 Å². The van der Waals surface area contributed by atoms with Crippen LogP contribution in [0.5, 0.6) is 0 Å². The van der Waals surface area contributed by atoms with E-state index in [1.807, 2.05) is 6.07 Å². The van der Waals surface area contributed by atoms with Crippen LogP contribution in [0.4, 0.5) is 10.5 Å². The highest BCUT2D eigenvalue weighted by atomic mass is 32.2. The Morgan fingerprint density at radius 2 is 1.76 bits per heavy atom. The molecule has 3 aromatic rings. The van der Waals surface area contributed by atoms with E-state index in [-0.39, 0.29) is 11.4 Å². The number of carbonyl (C=O) groups is 4. The molecule has 0 aliphatic carbocycles. The first-order chi connectivity index (χ1) is 16.4. The number of rotatable bonds is 7. The molecule has 1 aliphatic heterocycles. The first-order valence-corrected chi connectivity index (χ1v) is 11.2. The van der Waals surface area contributed by atoms with Crippen LogP contribution in [-0.4, -0.2) is 41.1 Å². The molecule has 2 heterocycles. The van der Waals surface area contributed by atoms with Crippen molar-refractivity contribution < 1.29 is 28.3 Å². The third-order valence-electron chi connectivity index (χ3n) is 4.81. The van der Waals surface area contributed by atoms with Crippen LogP contribution in [0.1, 0.15) is 23.0 Å². The first-order valence-electron chi connectivity index (χ1n) is 10.4. The van der Waals surface area contributed by atoms with Crippen molar-refractivity contribution in [1.82, 2.24) is 4.90 Å². The summed E-state index contributed by atoms with van der Waals surface area (Å²) in [6, 6.07) is 18.9.